The molecule has 2 N–H and O–H groups in total. The number of aliphatic carboxylic acids is 1. The zero-order chi connectivity index (χ0) is 17.0. The van der Waals surface area contributed by atoms with Crippen molar-refractivity contribution in [2.24, 2.45) is 5.92 Å². The van der Waals surface area contributed by atoms with E-state index in [9.17, 15) is 14.4 Å². The molecule has 1 aromatic carbocycles. The summed E-state index contributed by atoms with van der Waals surface area (Å²) >= 11 is 0. The van der Waals surface area contributed by atoms with Gasteiger partial charge in [-0.15, -0.1) is 0 Å². The van der Waals surface area contributed by atoms with E-state index in [0.29, 0.717) is 30.0 Å². The van der Waals surface area contributed by atoms with E-state index in [1.54, 1.807) is 32.2 Å². The van der Waals surface area contributed by atoms with Crippen molar-refractivity contribution in [1.29, 1.82) is 0 Å². The number of amides is 2. The Kier molecular flexibility index (Phi) is 5.33. The maximum absolute atomic E-state index is 12.2. The van der Waals surface area contributed by atoms with Crippen molar-refractivity contribution in [2.45, 2.75) is 13.3 Å². The second-order valence-corrected chi connectivity index (χ2v) is 5.44. The van der Waals surface area contributed by atoms with Crippen LogP contribution in [0.4, 0.5) is 5.69 Å². The molecule has 2 rings (SSSR count). The van der Waals surface area contributed by atoms with Crippen molar-refractivity contribution in [2.75, 3.05) is 31.7 Å². The lowest BCUT2D eigenvalue weighted by Crippen LogP contribution is -2.30. The molecule has 1 aromatic rings. The van der Waals surface area contributed by atoms with Crippen LogP contribution in [0.5, 0.6) is 0 Å². The van der Waals surface area contributed by atoms with Crippen molar-refractivity contribution in [3.63, 3.8) is 0 Å². The number of carboxylic acid groups (broad SMARTS) is 1. The number of ether oxygens (including phenoxy) is 1. The summed E-state index contributed by atoms with van der Waals surface area (Å²) < 4.78 is 4.89. The number of nitrogens with zero attached hydrogens (tertiary/aromatic N) is 1. The van der Waals surface area contributed by atoms with Gasteiger partial charge in [0.25, 0.3) is 5.91 Å². The van der Waals surface area contributed by atoms with Gasteiger partial charge in [0.05, 0.1) is 12.5 Å². The van der Waals surface area contributed by atoms with Crippen molar-refractivity contribution in [1.82, 2.24) is 5.32 Å². The first-order valence-electron chi connectivity index (χ1n) is 7.35. The van der Waals surface area contributed by atoms with Gasteiger partial charge in [-0.25, -0.2) is 0 Å². The number of carbonyl (C=O) groups is 3. The summed E-state index contributed by atoms with van der Waals surface area (Å²) in [6.45, 7) is 2.68. The van der Waals surface area contributed by atoms with E-state index in [0.717, 1.165) is 0 Å². The standard InChI is InChI=1S/C16H20N2O5/c1-10-12(15(20)17-6-7-23-2)4-3-5-13(10)18-9-11(16(21)22)8-14(18)19/h3-5,11H,6-9H2,1-2H3,(H,17,20)(H,21,22). The summed E-state index contributed by atoms with van der Waals surface area (Å²) in [5.74, 6) is -2.17. The fourth-order valence-electron chi connectivity index (χ4n) is 2.63. The second kappa shape index (κ2) is 7.23. The minimum atomic E-state index is -0.980. The van der Waals surface area contributed by atoms with Crippen molar-refractivity contribution < 1.29 is 24.2 Å². The van der Waals surface area contributed by atoms with E-state index in [-0.39, 0.29) is 24.8 Å². The Morgan fingerprint density at radius 3 is 2.78 bits per heavy atom. The SMILES string of the molecule is COCCNC(=O)c1cccc(N2CC(C(=O)O)CC2=O)c1C. The molecule has 1 atom stereocenters. The highest BCUT2D eigenvalue weighted by molar-refractivity contribution is 6.02. The molecule has 7 nitrogen and oxygen atoms in total. The van der Waals surface area contributed by atoms with Gasteiger partial charge >= 0.3 is 5.97 Å². The largest absolute Gasteiger partial charge is 0.481 e. The molecule has 0 aromatic heterocycles. The van der Waals surface area contributed by atoms with Crippen LogP contribution in [0.15, 0.2) is 18.2 Å². The number of carboxylic acids is 1. The Morgan fingerprint density at radius 2 is 2.17 bits per heavy atom. The summed E-state index contributed by atoms with van der Waals surface area (Å²) in [6.07, 6.45) is -0.0148. The molecular formula is C16H20N2O5. The first-order valence-corrected chi connectivity index (χ1v) is 7.35. The van der Waals surface area contributed by atoms with E-state index in [2.05, 4.69) is 5.32 Å². The fourth-order valence-corrected chi connectivity index (χ4v) is 2.63. The highest BCUT2D eigenvalue weighted by Crippen LogP contribution is 2.29. The number of benzene rings is 1. The number of rotatable bonds is 6. The topological polar surface area (TPSA) is 95.9 Å². The summed E-state index contributed by atoms with van der Waals surface area (Å²) in [5, 5.41) is 11.8. The fraction of sp³-hybridized carbons (Fsp3) is 0.438. The van der Waals surface area contributed by atoms with Gasteiger partial charge in [-0.1, -0.05) is 6.07 Å². The van der Waals surface area contributed by atoms with Gasteiger partial charge in [0.1, 0.15) is 0 Å². The molecule has 1 heterocycles. The highest BCUT2D eigenvalue weighted by atomic mass is 16.5. The Bertz CT molecular complexity index is 629. The van der Waals surface area contributed by atoms with Crippen LogP contribution in [0.2, 0.25) is 0 Å². The predicted octanol–water partition coefficient (Wildman–Crippen LogP) is 0.809. The lowest BCUT2D eigenvalue weighted by molar-refractivity contribution is -0.141. The average Bonchev–Trinajstić information content (AvgIpc) is 2.90. The van der Waals surface area contributed by atoms with E-state index < -0.39 is 11.9 Å². The van der Waals surface area contributed by atoms with Crippen LogP contribution in [0.1, 0.15) is 22.3 Å². The van der Waals surface area contributed by atoms with Gasteiger partial charge in [-0.3, -0.25) is 14.4 Å². The lowest BCUT2D eigenvalue weighted by atomic mass is 10.1. The van der Waals surface area contributed by atoms with Crippen molar-refractivity contribution in [3.8, 4) is 0 Å². The highest BCUT2D eigenvalue weighted by Gasteiger charge is 2.36. The van der Waals surface area contributed by atoms with Crippen LogP contribution in [-0.4, -0.2) is 49.7 Å². The van der Waals surface area contributed by atoms with Gasteiger partial charge in [-0.05, 0) is 24.6 Å². The normalized spacial score (nSPS) is 17.4. The van der Waals surface area contributed by atoms with Gasteiger partial charge in [-0.2, -0.15) is 0 Å². The Labute approximate surface area is 134 Å². The van der Waals surface area contributed by atoms with Crippen LogP contribution in [-0.2, 0) is 14.3 Å². The Hall–Kier alpha value is -2.41. The van der Waals surface area contributed by atoms with E-state index in [1.165, 1.54) is 4.90 Å². The third-order valence-corrected chi connectivity index (χ3v) is 3.91. The molecule has 0 aliphatic carbocycles. The maximum atomic E-state index is 12.2. The third kappa shape index (κ3) is 3.68. The number of anilines is 1. The quantitative estimate of drug-likeness (QED) is 0.756. The molecule has 124 valence electrons. The average molecular weight is 320 g/mol. The first-order chi connectivity index (χ1) is 11.0. The summed E-state index contributed by atoms with van der Waals surface area (Å²) in [4.78, 5) is 36.8. The molecule has 1 aliphatic rings. The number of methoxy groups -OCH3 is 1. The van der Waals surface area contributed by atoms with E-state index in [1.807, 2.05) is 0 Å². The Balaban J connectivity index is 2.21. The third-order valence-electron chi connectivity index (χ3n) is 3.91. The smallest absolute Gasteiger partial charge is 0.308 e. The predicted molar refractivity (Wildman–Crippen MR) is 83.5 cm³/mol. The molecule has 7 heteroatoms. The molecule has 0 bridgehead atoms. The van der Waals surface area contributed by atoms with Crippen LogP contribution >= 0.6 is 0 Å². The summed E-state index contributed by atoms with van der Waals surface area (Å²) in [5.41, 5.74) is 1.70. The van der Waals surface area contributed by atoms with Crippen LogP contribution in [0.25, 0.3) is 0 Å². The Morgan fingerprint density at radius 1 is 1.43 bits per heavy atom. The molecule has 23 heavy (non-hydrogen) atoms. The monoisotopic (exact) mass is 320 g/mol. The molecule has 1 fully saturated rings. The molecule has 1 saturated heterocycles. The number of carbonyl (C=O) groups excluding carboxylic acids is 2. The number of nitrogens with one attached hydrogen (secondary N) is 1. The zero-order valence-corrected chi connectivity index (χ0v) is 13.2. The molecule has 0 spiro atoms. The molecular weight excluding hydrogens is 300 g/mol. The molecule has 0 radical (unpaired) electrons. The summed E-state index contributed by atoms with van der Waals surface area (Å²) in [6, 6.07) is 5.09. The van der Waals surface area contributed by atoms with Crippen molar-refractivity contribution in [3.05, 3.63) is 29.3 Å². The lowest BCUT2D eigenvalue weighted by Gasteiger charge is -2.20. The number of hydrogen-bond donors (Lipinski definition) is 2. The number of hydrogen-bond acceptors (Lipinski definition) is 4. The van der Waals surface area contributed by atoms with E-state index >= 15 is 0 Å². The molecule has 2 amide bonds. The minimum Gasteiger partial charge on any atom is -0.481 e. The van der Waals surface area contributed by atoms with Gasteiger partial charge in [0, 0.05) is 37.9 Å². The van der Waals surface area contributed by atoms with Gasteiger partial charge in [0.15, 0.2) is 0 Å². The maximum Gasteiger partial charge on any atom is 0.308 e. The zero-order valence-electron chi connectivity index (χ0n) is 13.2. The van der Waals surface area contributed by atoms with Gasteiger partial charge in [0.2, 0.25) is 5.91 Å². The van der Waals surface area contributed by atoms with E-state index in [4.69, 9.17) is 9.84 Å². The molecule has 1 aliphatic heterocycles. The minimum absolute atomic E-state index is 0.0148. The summed E-state index contributed by atoms with van der Waals surface area (Å²) in [7, 11) is 1.55. The molecule has 1 unspecified atom stereocenters. The van der Waals surface area contributed by atoms with Crippen LogP contribution in [0.3, 0.4) is 0 Å². The van der Waals surface area contributed by atoms with Gasteiger partial charge < -0.3 is 20.1 Å². The van der Waals surface area contributed by atoms with Crippen LogP contribution < -0.4 is 10.2 Å². The van der Waals surface area contributed by atoms with Crippen LogP contribution in [0, 0.1) is 12.8 Å². The first kappa shape index (κ1) is 17.0. The van der Waals surface area contributed by atoms with Crippen molar-refractivity contribution >= 4 is 23.5 Å². The molecule has 0 saturated carbocycles. The second-order valence-electron chi connectivity index (χ2n) is 5.44.